The number of nitrogens with zero attached hydrogens (tertiary/aromatic N) is 1. The number of rotatable bonds is 6. The molecule has 0 radical (unpaired) electrons. The molecule has 0 saturated heterocycles. The molecule has 0 spiro atoms. The van der Waals surface area contributed by atoms with Crippen molar-refractivity contribution < 1.29 is 4.79 Å². The monoisotopic (exact) mass is 238 g/mol. The van der Waals surface area contributed by atoms with Gasteiger partial charge in [0.25, 0.3) is 0 Å². The molecule has 2 atom stereocenters. The van der Waals surface area contributed by atoms with Gasteiger partial charge in [-0.25, -0.2) is 4.98 Å². The van der Waals surface area contributed by atoms with Gasteiger partial charge >= 0.3 is 0 Å². The summed E-state index contributed by atoms with van der Waals surface area (Å²) in [5.74, 6) is 0.780. The highest BCUT2D eigenvalue weighted by Gasteiger charge is 2.31. The number of carbonyl (C=O) groups is 1. The molecule has 0 bridgehead atoms. The second-order valence-electron chi connectivity index (χ2n) is 4.53. The van der Waals surface area contributed by atoms with Crippen molar-refractivity contribution in [3.63, 3.8) is 0 Å². The third-order valence-corrected chi connectivity index (χ3v) is 3.34. The minimum Gasteiger partial charge on any atom is -0.347 e. The normalized spacial score (nSPS) is 16.2. The van der Waals surface area contributed by atoms with Crippen molar-refractivity contribution in [1.29, 1.82) is 0 Å². The van der Waals surface area contributed by atoms with Crippen LogP contribution in [0.15, 0.2) is 12.4 Å². The topological polar surface area (TPSA) is 83.8 Å². The maximum absolute atomic E-state index is 12.2. The van der Waals surface area contributed by atoms with Gasteiger partial charge in [0.1, 0.15) is 5.82 Å². The van der Waals surface area contributed by atoms with Gasteiger partial charge in [-0.05, 0) is 19.8 Å². The lowest BCUT2D eigenvalue weighted by molar-refractivity contribution is -0.130. The third-order valence-electron chi connectivity index (χ3n) is 3.34. The van der Waals surface area contributed by atoms with E-state index in [0.29, 0.717) is 6.54 Å². The lowest BCUT2D eigenvalue weighted by atomic mass is 9.86. The first-order chi connectivity index (χ1) is 8.07. The van der Waals surface area contributed by atoms with Gasteiger partial charge in [0.2, 0.25) is 5.91 Å². The maximum atomic E-state index is 12.2. The summed E-state index contributed by atoms with van der Waals surface area (Å²) in [6, 6.07) is -0.0741. The Morgan fingerprint density at radius 1 is 1.65 bits per heavy atom. The summed E-state index contributed by atoms with van der Waals surface area (Å²) in [5, 5.41) is 3.00. The minimum atomic E-state index is -0.500. The van der Waals surface area contributed by atoms with E-state index in [1.54, 1.807) is 12.4 Å². The van der Waals surface area contributed by atoms with Crippen LogP contribution >= 0.6 is 0 Å². The van der Waals surface area contributed by atoms with Gasteiger partial charge in [-0.3, -0.25) is 4.79 Å². The van der Waals surface area contributed by atoms with Crippen LogP contribution < -0.4 is 11.1 Å². The van der Waals surface area contributed by atoms with Crippen LogP contribution in [0.1, 0.15) is 45.5 Å². The molecule has 96 valence electrons. The fraction of sp³-hybridized carbons (Fsp3) is 0.667. The zero-order valence-electron chi connectivity index (χ0n) is 10.8. The summed E-state index contributed by atoms with van der Waals surface area (Å²) >= 11 is 0. The number of aromatic nitrogens is 2. The molecule has 0 aromatic carbocycles. The first kappa shape index (κ1) is 13.7. The van der Waals surface area contributed by atoms with E-state index in [9.17, 15) is 4.79 Å². The predicted octanol–water partition coefficient (Wildman–Crippen LogP) is 1.35. The van der Waals surface area contributed by atoms with Crippen molar-refractivity contribution in [1.82, 2.24) is 15.3 Å². The highest BCUT2D eigenvalue weighted by Crippen LogP contribution is 2.22. The van der Waals surface area contributed by atoms with E-state index in [4.69, 9.17) is 5.73 Å². The lowest BCUT2D eigenvalue weighted by Gasteiger charge is -2.27. The highest BCUT2D eigenvalue weighted by atomic mass is 16.2. The molecule has 0 aliphatic heterocycles. The molecule has 0 fully saturated rings. The molecule has 0 aliphatic rings. The second-order valence-corrected chi connectivity index (χ2v) is 4.53. The molecule has 0 aliphatic carbocycles. The van der Waals surface area contributed by atoms with Gasteiger partial charge in [0, 0.05) is 18.9 Å². The molecule has 1 aromatic rings. The zero-order valence-corrected chi connectivity index (χ0v) is 10.8. The van der Waals surface area contributed by atoms with Crippen molar-refractivity contribution in [2.75, 3.05) is 6.54 Å². The number of imidazole rings is 1. The van der Waals surface area contributed by atoms with Crippen molar-refractivity contribution in [2.24, 2.45) is 11.1 Å². The first-order valence-electron chi connectivity index (χ1n) is 6.07. The highest BCUT2D eigenvalue weighted by molar-refractivity contribution is 5.82. The average Bonchev–Trinajstić information content (AvgIpc) is 2.88. The molecule has 2 unspecified atom stereocenters. The third kappa shape index (κ3) is 3.06. The number of hydrogen-bond donors (Lipinski definition) is 3. The number of aromatic amines is 1. The van der Waals surface area contributed by atoms with Gasteiger partial charge in [-0.2, -0.15) is 0 Å². The van der Waals surface area contributed by atoms with Crippen LogP contribution in [0.3, 0.4) is 0 Å². The molecule has 17 heavy (non-hydrogen) atoms. The molecule has 1 aromatic heterocycles. The van der Waals surface area contributed by atoms with E-state index >= 15 is 0 Å². The van der Waals surface area contributed by atoms with Crippen LogP contribution in [0.2, 0.25) is 0 Å². The van der Waals surface area contributed by atoms with Crippen LogP contribution in [-0.4, -0.2) is 22.4 Å². The van der Waals surface area contributed by atoms with Gasteiger partial charge in [0.05, 0.1) is 11.5 Å². The Morgan fingerprint density at radius 3 is 2.76 bits per heavy atom. The van der Waals surface area contributed by atoms with E-state index < -0.39 is 5.41 Å². The van der Waals surface area contributed by atoms with Crippen LogP contribution in [-0.2, 0) is 4.79 Å². The molecule has 0 saturated carbocycles. The van der Waals surface area contributed by atoms with Gasteiger partial charge < -0.3 is 16.0 Å². The standard InChI is InChI=1S/C12H22N4O/c1-4-9(10-14-6-7-15-10)16-11(17)12(3,5-2)8-13/h6-7,9H,4-5,8,13H2,1-3H3,(H,14,15)(H,16,17). The van der Waals surface area contributed by atoms with Crippen molar-refractivity contribution in [2.45, 2.75) is 39.7 Å². The Labute approximate surface area is 102 Å². The fourth-order valence-corrected chi connectivity index (χ4v) is 1.56. The Balaban J connectivity index is 2.72. The number of hydrogen-bond acceptors (Lipinski definition) is 3. The SMILES string of the molecule is CCC(NC(=O)C(C)(CC)CN)c1ncc[nH]1. The largest absolute Gasteiger partial charge is 0.347 e. The number of nitrogens with one attached hydrogen (secondary N) is 2. The van der Waals surface area contributed by atoms with Crippen LogP contribution in [0.5, 0.6) is 0 Å². The predicted molar refractivity (Wildman–Crippen MR) is 67.2 cm³/mol. The van der Waals surface area contributed by atoms with Crippen molar-refractivity contribution in [3.05, 3.63) is 18.2 Å². The van der Waals surface area contributed by atoms with E-state index in [2.05, 4.69) is 15.3 Å². The minimum absolute atomic E-state index is 0.00856. The Morgan fingerprint density at radius 2 is 2.35 bits per heavy atom. The Bertz CT molecular complexity index is 343. The van der Waals surface area contributed by atoms with Crippen LogP contribution in [0.25, 0.3) is 0 Å². The summed E-state index contributed by atoms with van der Waals surface area (Å²) in [7, 11) is 0. The Kier molecular flexibility index (Phi) is 4.69. The molecule has 1 heterocycles. The maximum Gasteiger partial charge on any atom is 0.227 e. The summed E-state index contributed by atoms with van der Waals surface area (Å²) in [6.07, 6.45) is 4.96. The van der Waals surface area contributed by atoms with Gasteiger partial charge in [-0.15, -0.1) is 0 Å². The number of nitrogens with two attached hydrogens (primary N) is 1. The molecular formula is C12H22N4O. The van der Waals surface area contributed by atoms with Gasteiger partial charge in [-0.1, -0.05) is 13.8 Å². The molecule has 5 nitrogen and oxygen atoms in total. The second kappa shape index (κ2) is 5.82. The lowest BCUT2D eigenvalue weighted by Crippen LogP contribution is -2.44. The molecular weight excluding hydrogens is 216 g/mol. The van der Waals surface area contributed by atoms with Crippen LogP contribution in [0, 0.1) is 5.41 Å². The molecule has 5 heteroatoms. The zero-order chi connectivity index (χ0) is 12.9. The van der Waals surface area contributed by atoms with E-state index in [-0.39, 0.29) is 11.9 Å². The summed E-state index contributed by atoms with van der Waals surface area (Å²) < 4.78 is 0. The number of amides is 1. The van der Waals surface area contributed by atoms with Gasteiger partial charge in [0.15, 0.2) is 0 Å². The summed E-state index contributed by atoms with van der Waals surface area (Å²) in [6.45, 7) is 6.22. The molecule has 1 rings (SSSR count). The van der Waals surface area contributed by atoms with Crippen molar-refractivity contribution >= 4 is 5.91 Å². The Hall–Kier alpha value is -1.36. The van der Waals surface area contributed by atoms with Crippen LogP contribution in [0.4, 0.5) is 0 Å². The molecule has 4 N–H and O–H groups in total. The number of carbonyl (C=O) groups excluding carboxylic acids is 1. The van der Waals surface area contributed by atoms with E-state index in [1.165, 1.54) is 0 Å². The van der Waals surface area contributed by atoms with E-state index in [0.717, 1.165) is 18.7 Å². The number of H-pyrrole nitrogens is 1. The fourth-order valence-electron chi connectivity index (χ4n) is 1.56. The smallest absolute Gasteiger partial charge is 0.227 e. The van der Waals surface area contributed by atoms with Crippen molar-refractivity contribution in [3.8, 4) is 0 Å². The summed E-state index contributed by atoms with van der Waals surface area (Å²) in [5.41, 5.74) is 5.17. The van der Waals surface area contributed by atoms with E-state index in [1.807, 2.05) is 20.8 Å². The quantitative estimate of drug-likeness (QED) is 0.699. The average molecular weight is 238 g/mol. The first-order valence-corrected chi connectivity index (χ1v) is 6.07. The summed E-state index contributed by atoms with van der Waals surface area (Å²) in [4.78, 5) is 19.4. The molecule has 1 amide bonds.